The normalized spacial score (nSPS) is 9.90. The number of rotatable bonds is 4. The van der Waals surface area contributed by atoms with Crippen LogP contribution in [-0.4, -0.2) is 22.0 Å². The first-order chi connectivity index (χ1) is 19.2. The van der Waals surface area contributed by atoms with E-state index in [0.717, 1.165) is 0 Å². The van der Waals surface area contributed by atoms with E-state index in [9.17, 15) is 9.59 Å². The van der Waals surface area contributed by atoms with Gasteiger partial charge in [-0.05, 0) is 73.0 Å². The number of benzene rings is 4. The summed E-state index contributed by atoms with van der Waals surface area (Å²) in [6.45, 7) is 0. The fraction of sp³-hybridized carbons (Fsp3) is 0. The second-order valence-electron chi connectivity index (χ2n) is 7.74. The molecule has 0 spiro atoms. The van der Waals surface area contributed by atoms with E-state index in [1.54, 1.807) is 84.9 Å². The third-order valence-electron chi connectivity index (χ3n) is 4.93. The van der Waals surface area contributed by atoms with Gasteiger partial charge in [0.25, 0.3) is 11.8 Å². The van der Waals surface area contributed by atoms with Crippen LogP contribution >= 0.6 is 70.8 Å². The number of carbonyl (C=O) groups is 2. The Kier molecular flexibility index (Phi) is 12.1. The monoisotopic (exact) mass is 648 g/mol. The van der Waals surface area contributed by atoms with Crippen molar-refractivity contribution in [1.82, 2.24) is 10.6 Å². The molecule has 0 fully saturated rings. The van der Waals surface area contributed by atoms with E-state index < -0.39 is 0 Å². The van der Waals surface area contributed by atoms with Crippen molar-refractivity contribution in [2.45, 2.75) is 0 Å². The first kappa shape index (κ1) is 31.3. The third-order valence-corrected chi connectivity index (χ3v) is 6.60. The number of hydrogen-bond acceptors (Lipinski definition) is 4. The lowest BCUT2D eigenvalue weighted by Crippen LogP contribution is -2.34. The van der Waals surface area contributed by atoms with Crippen LogP contribution in [0.15, 0.2) is 97.1 Å². The Hall–Kier alpha value is -3.24. The molecular formula is C28H20Cl4N4O2S2. The summed E-state index contributed by atoms with van der Waals surface area (Å²) in [4.78, 5) is 23.8. The lowest BCUT2D eigenvalue weighted by atomic mass is 10.2. The van der Waals surface area contributed by atoms with Gasteiger partial charge in [0, 0.05) is 11.1 Å². The van der Waals surface area contributed by atoms with Crippen LogP contribution in [0.2, 0.25) is 20.1 Å². The molecule has 0 aliphatic carbocycles. The van der Waals surface area contributed by atoms with Crippen molar-refractivity contribution in [2.75, 3.05) is 10.6 Å². The summed E-state index contributed by atoms with van der Waals surface area (Å²) in [5.74, 6) is -0.599. The Morgan fingerprint density at radius 2 is 0.775 bits per heavy atom. The summed E-state index contributed by atoms with van der Waals surface area (Å²) in [5, 5.41) is 12.7. The van der Waals surface area contributed by atoms with E-state index in [1.807, 2.05) is 12.1 Å². The Labute approximate surface area is 262 Å². The topological polar surface area (TPSA) is 82.3 Å². The van der Waals surface area contributed by atoms with Crippen molar-refractivity contribution < 1.29 is 9.59 Å². The molecule has 12 heteroatoms. The Bertz CT molecular complexity index is 1370. The summed E-state index contributed by atoms with van der Waals surface area (Å²) in [6, 6.07) is 27.7. The second-order valence-corrected chi connectivity index (χ2v) is 10.2. The van der Waals surface area contributed by atoms with Gasteiger partial charge in [-0.25, -0.2) is 0 Å². The zero-order valence-corrected chi connectivity index (χ0v) is 25.0. The van der Waals surface area contributed by atoms with E-state index >= 15 is 0 Å². The first-order valence-corrected chi connectivity index (χ1v) is 13.7. The summed E-state index contributed by atoms with van der Waals surface area (Å²) in [6.07, 6.45) is 0. The maximum absolute atomic E-state index is 11.9. The largest absolute Gasteiger partial charge is 0.330 e. The van der Waals surface area contributed by atoms with Crippen LogP contribution in [0.3, 0.4) is 0 Å². The summed E-state index contributed by atoms with van der Waals surface area (Å²) < 4.78 is 0. The fourth-order valence-corrected chi connectivity index (χ4v) is 4.43. The number of nitrogens with one attached hydrogen (secondary N) is 4. The van der Waals surface area contributed by atoms with Gasteiger partial charge in [-0.3, -0.25) is 20.2 Å². The van der Waals surface area contributed by atoms with Gasteiger partial charge in [-0.2, -0.15) is 0 Å². The van der Waals surface area contributed by atoms with Gasteiger partial charge >= 0.3 is 0 Å². The molecule has 4 N–H and O–H groups in total. The Morgan fingerprint density at radius 3 is 1.07 bits per heavy atom. The predicted octanol–water partition coefficient (Wildman–Crippen LogP) is 8.24. The van der Waals surface area contributed by atoms with Crippen LogP contribution in [0.4, 0.5) is 11.4 Å². The van der Waals surface area contributed by atoms with E-state index in [1.165, 1.54) is 0 Å². The molecule has 0 saturated carbocycles. The van der Waals surface area contributed by atoms with Crippen LogP contribution in [0.25, 0.3) is 0 Å². The predicted molar refractivity (Wildman–Crippen MR) is 173 cm³/mol. The molecule has 4 aromatic carbocycles. The van der Waals surface area contributed by atoms with Crippen LogP contribution in [0, 0.1) is 0 Å². The van der Waals surface area contributed by atoms with Crippen LogP contribution in [0.1, 0.15) is 20.7 Å². The van der Waals surface area contributed by atoms with Crippen molar-refractivity contribution >= 4 is 104 Å². The minimum Gasteiger partial charge on any atom is -0.330 e. The van der Waals surface area contributed by atoms with Gasteiger partial charge in [-0.15, -0.1) is 0 Å². The molecule has 0 aromatic heterocycles. The molecule has 0 unspecified atom stereocenters. The molecule has 2 amide bonds. The smallest absolute Gasteiger partial charge is 0.257 e. The molecule has 0 radical (unpaired) electrons. The highest BCUT2D eigenvalue weighted by molar-refractivity contribution is 7.80. The lowest BCUT2D eigenvalue weighted by molar-refractivity contribution is 0.0969. The maximum Gasteiger partial charge on any atom is 0.257 e. The average molecular weight is 650 g/mol. The standard InChI is InChI=1S/2C14H10Cl2N2OS/c2*15-10-7-4-8-11(16)12(10)17-14(20)18-13(19)9-5-2-1-3-6-9/h2*1-8H,(H2,17,18,19,20). The molecule has 6 nitrogen and oxygen atoms in total. The van der Waals surface area contributed by atoms with Crippen molar-refractivity contribution in [3.05, 3.63) is 128 Å². The van der Waals surface area contributed by atoms with E-state index in [4.69, 9.17) is 70.8 Å². The summed E-state index contributed by atoms with van der Waals surface area (Å²) in [5.41, 5.74) is 1.97. The zero-order valence-electron chi connectivity index (χ0n) is 20.4. The summed E-state index contributed by atoms with van der Waals surface area (Å²) >= 11 is 34.2. The molecule has 0 aliphatic heterocycles. The fourth-order valence-electron chi connectivity index (χ4n) is 3.05. The molecule has 4 aromatic rings. The minimum absolute atomic E-state index is 0.133. The van der Waals surface area contributed by atoms with E-state index in [-0.39, 0.29) is 22.0 Å². The van der Waals surface area contributed by atoms with Gasteiger partial charge < -0.3 is 10.6 Å². The molecule has 4 rings (SSSR count). The highest BCUT2D eigenvalue weighted by Crippen LogP contribution is 2.30. The highest BCUT2D eigenvalue weighted by Gasteiger charge is 2.12. The van der Waals surface area contributed by atoms with Crippen molar-refractivity contribution in [2.24, 2.45) is 0 Å². The van der Waals surface area contributed by atoms with Crippen LogP contribution in [0.5, 0.6) is 0 Å². The number of amides is 2. The summed E-state index contributed by atoms with van der Waals surface area (Å²) in [7, 11) is 0. The van der Waals surface area contributed by atoms with Gasteiger partial charge in [0.05, 0.1) is 31.5 Å². The van der Waals surface area contributed by atoms with E-state index in [0.29, 0.717) is 42.6 Å². The molecule has 204 valence electrons. The number of thiocarbonyl (C=S) groups is 2. The van der Waals surface area contributed by atoms with Crippen molar-refractivity contribution in [3.8, 4) is 0 Å². The van der Waals surface area contributed by atoms with Gasteiger partial charge in [0.15, 0.2) is 10.2 Å². The van der Waals surface area contributed by atoms with Gasteiger partial charge in [0.2, 0.25) is 0 Å². The molecule has 0 bridgehead atoms. The number of halogens is 4. The SMILES string of the molecule is O=C(NC(=S)Nc1c(Cl)cccc1Cl)c1ccccc1.O=C(NC(=S)Nc1c(Cl)cccc1Cl)c1ccccc1. The Morgan fingerprint density at radius 1 is 0.475 bits per heavy atom. The van der Waals surface area contributed by atoms with Crippen LogP contribution < -0.4 is 21.3 Å². The second kappa shape index (κ2) is 15.5. The number of hydrogen-bond donors (Lipinski definition) is 4. The van der Waals surface area contributed by atoms with Gasteiger partial charge in [0.1, 0.15) is 0 Å². The minimum atomic E-state index is -0.300. The molecule has 0 heterocycles. The van der Waals surface area contributed by atoms with Gasteiger partial charge in [-0.1, -0.05) is 94.9 Å². The molecule has 0 aliphatic rings. The van der Waals surface area contributed by atoms with E-state index in [2.05, 4.69) is 21.3 Å². The highest BCUT2D eigenvalue weighted by atomic mass is 35.5. The molecule has 0 saturated heterocycles. The lowest BCUT2D eigenvalue weighted by Gasteiger charge is -2.12. The maximum atomic E-state index is 11.9. The van der Waals surface area contributed by atoms with Crippen molar-refractivity contribution in [1.29, 1.82) is 0 Å². The quantitative estimate of drug-likeness (QED) is 0.167. The number of carbonyl (C=O) groups excluding carboxylic acids is 2. The van der Waals surface area contributed by atoms with Crippen molar-refractivity contribution in [3.63, 3.8) is 0 Å². The first-order valence-electron chi connectivity index (χ1n) is 11.4. The Balaban J connectivity index is 0.000000220. The number of anilines is 2. The number of para-hydroxylation sites is 2. The zero-order chi connectivity index (χ0) is 29.1. The molecule has 40 heavy (non-hydrogen) atoms. The molecule has 0 atom stereocenters. The molecular weight excluding hydrogens is 630 g/mol. The third kappa shape index (κ3) is 9.45. The average Bonchev–Trinajstić information content (AvgIpc) is 2.94. The van der Waals surface area contributed by atoms with Crippen LogP contribution in [-0.2, 0) is 0 Å².